The Morgan fingerprint density at radius 1 is 1.40 bits per heavy atom. The van der Waals surface area contributed by atoms with E-state index in [-0.39, 0.29) is 0 Å². The Bertz CT molecular complexity index is 410. The second-order valence-corrected chi connectivity index (χ2v) is 6.49. The summed E-state index contributed by atoms with van der Waals surface area (Å²) in [6.45, 7) is 11.0. The van der Waals surface area contributed by atoms with Crippen molar-refractivity contribution in [3.05, 3.63) is 17.5 Å². The summed E-state index contributed by atoms with van der Waals surface area (Å²) < 4.78 is 2.17. The van der Waals surface area contributed by atoms with Gasteiger partial charge in [0.15, 0.2) is 0 Å². The number of aromatic nitrogens is 2. The first kappa shape index (κ1) is 15.6. The van der Waals surface area contributed by atoms with E-state index in [0.29, 0.717) is 6.04 Å². The highest BCUT2D eigenvalue weighted by Gasteiger charge is 2.27. The van der Waals surface area contributed by atoms with Gasteiger partial charge in [-0.1, -0.05) is 26.7 Å². The molecule has 1 aliphatic rings. The lowest BCUT2D eigenvalue weighted by atomic mass is 9.77. The molecule has 0 aromatic carbocycles. The van der Waals surface area contributed by atoms with Crippen molar-refractivity contribution in [1.82, 2.24) is 15.1 Å². The Hall–Kier alpha value is -0.830. The van der Waals surface area contributed by atoms with Crippen LogP contribution in [-0.2, 0) is 13.0 Å². The molecule has 1 aromatic heterocycles. The van der Waals surface area contributed by atoms with Crippen molar-refractivity contribution < 1.29 is 0 Å². The first-order valence-electron chi connectivity index (χ1n) is 8.40. The van der Waals surface area contributed by atoms with E-state index in [2.05, 4.69) is 48.9 Å². The van der Waals surface area contributed by atoms with Crippen molar-refractivity contribution in [2.24, 2.45) is 11.8 Å². The van der Waals surface area contributed by atoms with Crippen molar-refractivity contribution in [3.63, 3.8) is 0 Å². The van der Waals surface area contributed by atoms with Gasteiger partial charge in [0.05, 0.1) is 5.69 Å². The Morgan fingerprint density at radius 3 is 2.85 bits per heavy atom. The van der Waals surface area contributed by atoms with Crippen molar-refractivity contribution in [1.29, 1.82) is 0 Å². The van der Waals surface area contributed by atoms with Crippen LogP contribution in [0.15, 0.2) is 6.07 Å². The van der Waals surface area contributed by atoms with Crippen LogP contribution in [-0.4, -0.2) is 22.4 Å². The molecule has 0 radical (unpaired) electrons. The van der Waals surface area contributed by atoms with Crippen LogP contribution in [0.25, 0.3) is 0 Å². The quantitative estimate of drug-likeness (QED) is 0.861. The third-order valence-electron chi connectivity index (χ3n) is 4.73. The molecule has 1 heterocycles. The van der Waals surface area contributed by atoms with E-state index in [9.17, 15) is 0 Å². The summed E-state index contributed by atoms with van der Waals surface area (Å²) in [7, 11) is 0. The lowest BCUT2D eigenvalue weighted by molar-refractivity contribution is 0.221. The Balaban J connectivity index is 2.07. The molecule has 0 spiro atoms. The SMILES string of the molecule is CCNC(Cc1cc(C)nn1CC)C1CCCC(C)C1. The van der Waals surface area contributed by atoms with E-state index in [1.54, 1.807) is 0 Å². The smallest absolute Gasteiger partial charge is 0.0596 e. The van der Waals surface area contributed by atoms with Gasteiger partial charge in [0, 0.05) is 24.7 Å². The minimum atomic E-state index is 0.615. The van der Waals surface area contributed by atoms with Gasteiger partial charge in [-0.25, -0.2) is 0 Å². The molecule has 0 saturated heterocycles. The molecule has 1 fully saturated rings. The fourth-order valence-electron chi connectivity index (χ4n) is 3.78. The van der Waals surface area contributed by atoms with Crippen molar-refractivity contribution in [2.45, 2.75) is 72.4 Å². The summed E-state index contributed by atoms with van der Waals surface area (Å²) in [6.07, 6.45) is 6.72. The zero-order chi connectivity index (χ0) is 14.5. The number of nitrogens with zero attached hydrogens (tertiary/aromatic N) is 2. The molecule has 0 aliphatic heterocycles. The Labute approximate surface area is 124 Å². The van der Waals surface area contributed by atoms with Gasteiger partial charge < -0.3 is 5.32 Å². The normalized spacial score (nSPS) is 24.8. The number of aryl methyl sites for hydroxylation is 2. The molecule has 3 unspecified atom stereocenters. The Kier molecular flexibility index (Phi) is 5.64. The summed E-state index contributed by atoms with van der Waals surface area (Å²) in [6, 6.07) is 2.88. The summed E-state index contributed by atoms with van der Waals surface area (Å²) in [5.74, 6) is 1.73. The molecule has 3 atom stereocenters. The summed E-state index contributed by atoms with van der Waals surface area (Å²) in [4.78, 5) is 0. The maximum Gasteiger partial charge on any atom is 0.0596 e. The first-order valence-corrected chi connectivity index (χ1v) is 8.40. The lowest BCUT2D eigenvalue weighted by Crippen LogP contribution is -2.40. The van der Waals surface area contributed by atoms with E-state index in [0.717, 1.165) is 37.0 Å². The predicted octanol–water partition coefficient (Wildman–Crippen LogP) is 3.56. The van der Waals surface area contributed by atoms with Gasteiger partial charge in [-0.2, -0.15) is 5.10 Å². The lowest BCUT2D eigenvalue weighted by Gasteiger charge is -2.34. The van der Waals surface area contributed by atoms with E-state index in [4.69, 9.17) is 0 Å². The van der Waals surface area contributed by atoms with Crippen LogP contribution in [0.1, 0.15) is 57.8 Å². The van der Waals surface area contributed by atoms with Gasteiger partial charge in [0.1, 0.15) is 0 Å². The summed E-state index contributed by atoms with van der Waals surface area (Å²) in [5.41, 5.74) is 2.54. The molecule has 1 saturated carbocycles. The highest BCUT2D eigenvalue weighted by Crippen LogP contribution is 2.32. The molecule has 3 heteroatoms. The molecule has 1 aliphatic carbocycles. The number of hydrogen-bond acceptors (Lipinski definition) is 2. The minimum Gasteiger partial charge on any atom is -0.314 e. The monoisotopic (exact) mass is 277 g/mol. The number of likely N-dealkylation sites (N-methyl/N-ethyl adjacent to an activating group) is 1. The van der Waals surface area contributed by atoms with Crippen LogP contribution in [0.2, 0.25) is 0 Å². The van der Waals surface area contributed by atoms with Gasteiger partial charge in [-0.05, 0) is 51.1 Å². The third kappa shape index (κ3) is 3.85. The van der Waals surface area contributed by atoms with E-state index >= 15 is 0 Å². The minimum absolute atomic E-state index is 0.615. The zero-order valence-corrected chi connectivity index (χ0v) is 13.7. The van der Waals surface area contributed by atoms with Crippen molar-refractivity contribution >= 4 is 0 Å². The standard InChI is InChI=1S/C17H31N3/c1-5-18-17(15-9-7-8-13(3)10-15)12-16-11-14(4)19-20(16)6-2/h11,13,15,17-18H,5-10,12H2,1-4H3. The third-order valence-corrected chi connectivity index (χ3v) is 4.73. The average Bonchev–Trinajstić information content (AvgIpc) is 2.78. The maximum absolute atomic E-state index is 4.59. The molecule has 114 valence electrons. The molecule has 1 N–H and O–H groups in total. The number of rotatable bonds is 6. The fraction of sp³-hybridized carbons (Fsp3) is 0.824. The van der Waals surface area contributed by atoms with Crippen LogP contribution >= 0.6 is 0 Å². The van der Waals surface area contributed by atoms with Crippen LogP contribution in [0.3, 0.4) is 0 Å². The van der Waals surface area contributed by atoms with Crippen LogP contribution in [0.5, 0.6) is 0 Å². The molecule has 0 bridgehead atoms. The van der Waals surface area contributed by atoms with Gasteiger partial charge in [-0.15, -0.1) is 0 Å². The molecule has 2 rings (SSSR count). The van der Waals surface area contributed by atoms with Gasteiger partial charge in [0.25, 0.3) is 0 Å². The molecule has 3 nitrogen and oxygen atoms in total. The Morgan fingerprint density at radius 2 is 2.20 bits per heavy atom. The van der Waals surface area contributed by atoms with E-state index in [1.807, 2.05) is 0 Å². The second kappa shape index (κ2) is 7.26. The van der Waals surface area contributed by atoms with Gasteiger partial charge >= 0.3 is 0 Å². The molecular formula is C17H31N3. The fourth-order valence-corrected chi connectivity index (χ4v) is 3.78. The highest BCUT2D eigenvalue weighted by molar-refractivity contribution is 5.11. The van der Waals surface area contributed by atoms with Crippen molar-refractivity contribution in [2.75, 3.05) is 6.54 Å². The zero-order valence-electron chi connectivity index (χ0n) is 13.7. The summed E-state index contributed by atoms with van der Waals surface area (Å²) in [5, 5.41) is 8.33. The molecule has 20 heavy (non-hydrogen) atoms. The van der Waals surface area contributed by atoms with Gasteiger partial charge in [0.2, 0.25) is 0 Å². The van der Waals surface area contributed by atoms with Crippen molar-refractivity contribution in [3.8, 4) is 0 Å². The number of nitrogens with one attached hydrogen (secondary N) is 1. The van der Waals surface area contributed by atoms with Crippen LogP contribution in [0, 0.1) is 18.8 Å². The highest BCUT2D eigenvalue weighted by atomic mass is 15.3. The molecule has 1 aromatic rings. The number of hydrogen-bond donors (Lipinski definition) is 1. The predicted molar refractivity (Wildman–Crippen MR) is 84.9 cm³/mol. The average molecular weight is 277 g/mol. The second-order valence-electron chi connectivity index (χ2n) is 6.49. The summed E-state index contributed by atoms with van der Waals surface area (Å²) >= 11 is 0. The van der Waals surface area contributed by atoms with Crippen LogP contribution < -0.4 is 5.32 Å². The largest absolute Gasteiger partial charge is 0.314 e. The van der Waals surface area contributed by atoms with Crippen LogP contribution in [0.4, 0.5) is 0 Å². The molecular weight excluding hydrogens is 246 g/mol. The first-order chi connectivity index (χ1) is 9.63. The maximum atomic E-state index is 4.59. The topological polar surface area (TPSA) is 29.9 Å². The van der Waals surface area contributed by atoms with E-state index < -0.39 is 0 Å². The van der Waals surface area contributed by atoms with E-state index in [1.165, 1.54) is 31.4 Å². The van der Waals surface area contributed by atoms with Gasteiger partial charge in [-0.3, -0.25) is 4.68 Å². The molecule has 0 amide bonds.